The van der Waals surface area contributed by atoms with Crippen LogP contribution in [0.4, 0.5) is 10.1 Å². The van der Waals surface area contributed by atoms with Gasteiger partial charge in [-0.15, -0.1) is 0 Å². The molecule has 8 heteroatoms. The maximum atomic E-state index is 12.6. The van der Waals surface area contributed by atoms with Gasteiger partial charge in [-0.1, -0.05) is 9.62 Å². The van der Waals surface area contributed by atoms with Crippen molar-refractivity contribution in [3.8, 4) is 11.5 Å². The Bertz CT molecular complexity index is 896. The van der Waals surface area contributed by atoms with Gasteiger partial charge in [0.15, 0.2) is 11.5 Å². The highest BCUT2D eigenvalue weighted by Crippen LogP contribution is 2.37. The number of anilines is 1. The monoisotopic (exact) mass is 394 g/mol. The number of hydrogen-bond acceptors (Lipinski definition) is 6. The topological polar surface area (TPSA) is 82.3 Å². The minimum absolute atomic E-state index is 0.354. The second-order valence-corrected chi connectivity index (χ2v) is 9.70. The van der Waals surface area contributed by atoms with Crippen LogP contribution in [0.2, 0.25) is 0 Å². The molecule has 1 saturated heterocycles. The maximum Gasteiger partial charge on any atom is 0.228 e. The van der Waals surface area contributed by atoms with Crippen LogP contribution in [0.25, 0.3) is 10.9 Å². The lowest BCUT2D eigenvalue weighted by Gasteiger charge is -2.34. The molecule has 0 radical (unpaired) electrons. The molecule has 2 heterocycles. The maximum absolute atomic E-state index is 12.6. The van der Waals surface area contributed by atoms with Crippen molar-refractivity contribution < 1.29 is 13.9 Å². The quantitative estimate of drug-likeness (QED) is 0.726. The first-order chi connectivity index (χ1) is 12.9. The highest BCUT2D eigenvalue weighted by Gasteiger charge is 2.22. The molecular weight excluding hydrogens is 367 g/mol. The minimum atomic E-state index is -1.91. The molecule has 27 heavy (non-hydrogen) atoms. The van der Waals surface area contributed by atoms with Gasteiger partial charge >= 0.3 is 0 Å². The van der Waals surface area contributed by atoms with Crippen LogP contribution in [-0.2, 0) is 9.62 Å². The molecule has 0 aliphatic carbocycles. The van der Waals surface area contributed by atoms with Crippen LogP contribution >= 0.6 is 0 Å². The Morgan fingerprint density at radius 2 is 2.00 bits per heavy atom. The van der Waals surface area contributed by atoms with E-state index in [0.717, 1.165) is 48.9 Å². The summed E-state index contributed by atoms with van der Waals surface area (Å²) in [6, 6.07) is 5.59. The Kier molecular flexibility index (Phi) is 6.04. The second-order valence-electron chi connectivity index (χ2n) is 7.11. The molecule has 0 atom stereocenters. The summed E-state index contributed by atoms with van der Waals surface area (Å²) in [6.07, 6.45) is 6.62. The standard InChI is InChI=1S/C19H27FN4O2S/c1-25-18-11-15-16(12-19(18)26-13-20)23-7-3-17(15)24-8-4-14(5-9-24)6-10-27(2,21)22/h3,7,11-12,14,21-22H,4-6,8-10,13H2,1-2H3. The van der Waals surface area contributed by atoms with Crippen LogP contribution in [-0.4, -0.2) is 44.1 Å². The first-order valence-corrected chi connectivity index (χ1v) is 11.3. The molecular formula is C19H27FN4O2S. The summed E-state index contributed by atoms with van der Waals surface area (Å²) in [5.41, 5.74) is 1.85. The molecule has 0 amide bonds. The van der Waals surface area contributed by atoms with Crippen molar-refractivity contribution >= 4 is 26.2 Å². The molecule has 0 spiro atoms. The Balaban J connectivity index is 1.79. The number of hydrogen-bond donors (Lipinski definition) is 2. The summed E-state index contributed by atoms with van der Waals surface area (Å²) in [7, 11) is -0.365. The van der Waals surface area contributed by atoms with Gasteiger partial charge in [-0.05, 0) is 37.3 Å². The Morgan fingerprint density at radius 3 is 2.63 bits per heavy atom. The van der Waals surface area contributed by atoms with Crippen LogP contribution in [0, 0.1) is 15.5 Å². The highest BCUT2D eigenvalue weighted by molar-refractivity contribution is 7.92. The Hall–Kier alpha value is -2.09. The molecule has 3 rings (SSSR count). The summed E-state index contributed by atoms with van der Waals surface area (Å²) >= 11 is 0. The van der Waals surface area contributed by atoms with E-state index in [0.29, 0.717) is 23.2 Å². The van der Waals surface area contributed by atoms with Crippen LogP contribution in [0.3, 0.4) is 0 Å². The van der Waals surface area contributed by atoms with Gasteiger partial charge in [0.1, 0.15) is 0 Å². The van der Waals surface area contributed by atoms with E-state index in [9.17, 15) is 4.39 Å². The van der Waals surface area contributed by atoms with E-state index in [1.54, 1.807) is 25.6 Å². The van der Waals surface area contributed by atoms with Crippen molar-refractivity contribution in [1.29, 1.82) is 9.56 Å². The van der Waals surface area contributed by atoms with Gasteiger partial charge in [0.25, 0.3) is 0 Å². The Morgan fingerprint density at radius 1 is 1.26 bits per heavy atom. The Labute approximate surface area is 160 Å². The predicted octanol–water partition coefficient (Wildman–Crippen LogP) is 4.46. The number of methoxy groups -OCH3 is 1. The molecule has 148 valence electrons. The minimum Gasteiger partial charge on any atom is -0.493 e. The summed E-state index contributed by atoms with van der Waals surface area (Å²) in [6.45, 7) is 0.972. The molecule has 2 aromatic rings. The van der Waals surface area contributed by atoms with Gasteiger partial charge in [0.2, 0.25) is 6.86 Å². The van der Waals surface area contributed by atoms with Crippen molar-refractivity contribution in [3.63, 3.8) is 0 Å². The number of rotatable bonds is 7. The molecule has 1 aromatic heterocycles. The smallest absolute Gasteiger partial charge is 0.228 e. The summed E-state index contributed by atoms with van der Waals surface area (Å²) < 4.78 is 38.6. The second kappa shape index (κ2) is 8.29. The van der Waals surface area contributed by atoms with Gasteiger partial charge < -0.3 is 14.4 Å². The van der Waals surface area contributed by atoms with Crippen LogP contribution in [0.15, 0.2) is 24.4 Å². The summed E-state index contributed by atoms with van der Waals surface area (Å²) in [4.78, 5) is 6.75. The largest absolute Gasteiger partial charge is 0.493 e. The zero-order valence-electron chi connectivity index (χ0n) is 15.8. The van der Waals surface area contributed by atoms with Crippen molar-refractivity contribution in [1.82, 2.24) is 4.98 Å². The van der Waals surface area contributed by atoms with Gasteiger partial charge in [-0.2, -0.15) is 0 Å². The first kappa shape index (κ1) is 19.7. The lowest BCUT2D eigenvalue weighted by atomic mass is 9.94. The molecule has 1 fully saturated rings. The van der Waals surface area contributed by atoms with E-state index in [1.807, 2.05) is 12.1 Å². The molecule has 1 aliphatic heterocycles. The molecule has 1 aromatic carbocycles. The fourth-order valence-electron chi connectivity index (χ4n) is 3.61. The van der Waals surface area contributed by atoms with E-state index in [-0.39, 0.29) is 0 Å². The number of ether oxygens (including phenoxy) is 2. The van der Waals surface area contributed by atoms with Gasteiger partial charge in [0, 0.05) is 48.4 Å². The van der Waals surface area contributed by atoms with E-state index < -0.39 is 16.5 Å². The average Bonchev–Trinajstić information content (AvgIpc) is 2.65. The predicted molar refractivity (Wildman–Crippen MR) is 108 cm³/mol. The average molecular weight is 395 g/mol. The summed E-state index contributed by atoms with van der Waals surface area (Å²) in [5.74, 6) is 2.14. The van der Waals surface area contributed by atoms with Crippen LogP contribution in [0.1, 0.15) is 19.3 Å². The first-order valence-electron chi connectivity index (χ1n) is 9.07. The van der Waals surface area contributed by atoms with Crippen molar-refractivity contribution in [3.05, 3.63) is 24.4 Å². The third-order valence-corrected chi connectivity index (χ3v) is 6.16. The van der Waals surface area contributed by atoms with Crippen molar-refractivity contribution in [2.75, 3.05) is 44.0 Å². The number of piperidine rings is 1. The normalized spacial score (nSPS) is 15.9. The van der Waals surface area contributed by atoms with E-state index >= 15 is 0 Å². The molecule has 2 N–H and O–H groups in total. The number of alkyl halides is 1. The number of benzene rings is 1. The van der Waals surface area contributed by atoms with E-state index in [2.05, 4.69) is 9.88 Å². The number of halogens is 1. The number of nitrogens with zero attached hydrogens (tertiary/aromatic N) is 2. The van der Waals surface area contributed by atoms with Gasteiger partial charge in [-0.3, -0.25) is 14.5 Å². The lowest BCUT2D eigenvalue weighted by Crippen LogP contribution is -2.34. The zero-order chi connectivity index (χ0) is 19.4. The third-order valence-electron chi connectivity index (χ3n) is 5.10. The molecule has 6 nitrogen and oxygen atoms in total. The van der Waals surface area contributed by atoms with Crippen molar-refractivity contribution in [2.45, 2.75) is 19.3 Å². The van der Waals surface area contributed by atoms with Crippen LogP contribution < -0.4 is 14.4 Å². The zero-order valence-corrected chi connectivity index (χ0v) is 16.7. The lowest BCUT2D eigenvalue weighted by molar-refractivity contribution is 0.185. The number of aromatic nitrogens is 1. The number of pyridine rings is 1. The molecule has 0 saturated carbocycles. The number of fused-ring (bicyclic) bond motifs is 1. The molecule has 0 bridgehead atoms. The van der Waals surface area contributed by atoms with E-state index in [4.69, 9.17) is 19.0 Å². The number of nitrogens with one attached hydrogen (secondary N) is 2. The fraction of sp³-hybridized carbons (Fsp3) is 0.526. The van der Waals surface area contributed by atoms with Crippen molar-refractivity contribution in [2.24, 2.45) is 5.92 Å². The fourth-order valence-corrected chi connectivity index (χ4v) is 4.42. The molecule has 1 aliphatic rings. The SMILES string of the molecule is COc1cc2c(N3CCC(CCS(C)(=N)=N)CC3)ccnc2cc1OCF. The van der Waals surface area contributed by atoms with Gasteiger partial charge in [0.05, 0.1) is 12.6 Å². The highest BCUT2D eigenvalue weighted by atomic mass is 32.2. The van der Waals surface area contributed by atoms with Crippen LogP contribution in [0.5, 0.6) is 11.5 Å². The van der Waals surface area contributed by atoms with Gasteiger partial charge in [-0.25, -0.2) is 4.39 Å². The molecule has 0 unspecified atom stereocenters. The summed E-state index contributed by atoms with van der Waals surface area (Å²) in [5, 5.41) is 0.966. The third kappa shape index (κ3) is 4.80. The van der Waals surface area contributed by atoms with E-state index in [1.165, 1.54) is 0 Å².